The Labute approximate surface area is 170 Å². The minimum Gasteiger partial charge on any atom is -0.448 e. The predicted molar refractivity (Wildman–Crippen MR) is 84.0 cm³/mol. The van der Waals surface area contributed by atoms with Gasteiger partial charge < -0.3 is 18.6 Å². The second kappa shape index (κ2) is 9.63. The van der Waals surface area contributed by atoms with Crippen LogP contribution in [0.5, 0.6) is 0 Å². The zero-order valence-electron chi connectivity index (χ0n) is 14.7. The minimum atomic E-state index is -0.930. The molecule has 1 heterocycles. The van der Waals surface area contributed by atoms with E-state index in [1.807, 2.05) is 26.0 Å². The van der Waals surface area contributed by atoms with Gasteiger partial charge in [0.25, 0.3) is 0 Å². The third kappa shape index (κ3) is 6.21. The molecule has 2 aromatic rings. The summed E-state index contributed by atoms with van der Waals surface area (Å²) in [5.41, 5.74) is 2.45. The number of methoxy groups -OCH3 is 1. The summed E-state index contributed by atoms with van der Waals surface area (Å²) in [7, 11) is 1.21. The van der Waals surface area contributed by atoms with Crippen molar-refractivity contribution in [2.24, 2.45) is 4.99 Å². The monoisotopic (exact) mass is 421 g/mol. The molecule has 1 radical (unpaired) electrons. The number of aryl methyl sites for hydroxylation is 3. The van der Waals surface area contributed by atoms with E-state index in [0.717, 1.165) is 11.1 Å². The van der Waals surface area contributed by atoms with Crippen molar-refractivity contribution in [3.63, 3.8) is 0 Å². The maximum atomic E-state index is 11.2. The van der Waals surface area contributed by atoms with Gasteiger partial charge in [0.15, 0.2) is 5.90 Å². The Morgan fingerprint density at radius 2 is 1.96 bits per heavy atom. The van der Waals surface area contributed by atoms with Crippen LogP contribution in [-0.2, 0) is 46.9 Å². The first kappa shape index (κ1) is 21.2. The van der Waals surface area contributed by atoms with Gasteiger partial charge in [-0.3, -0.25) is 0 Å². The topological polar surface area (TPSA) is 96.0 Å². The minimum absolute atomic E-state index is 0. The Morgan fingerprint density at radius 1 is 1.24 bits per heavy atom. The van der Waals surface area contributed by atoms with Gasteiger partial charge >= 0.3 is 12.2 Å². The van der Waals surface area contributed by atoms with Crippen molar-refractivity contribution in [3.8, 4) is 0 Å². The molecule has 0 amide bonds. The summed E-state index contributed by atoms with van der Waals surface area (Å²) in [5.74, 6) is 0.544. The third-order valence-corrected chi connectivity index (χ3v) is 2.94. The molecule has 1 aromatic carbocycles. The molecular weight excluding hydrogens is 403 g/mol. The van der Waals surface area contributed by atoms with Crippen LogP contribution in [-0.4, -0.2) is 35.7 Å². The van der Waals surface area contributed by atoms with Gasteiger partial charge in [-0.15, -0.1) is 5.10 Å². The molecule has 0 aliphatic rings. The van der Waals surface area contributed by atoms with E-state index >= 15 is 0 Å². The molecule has 2 rings (SSSR count). The summed E-state index contributed by atoms with van der Waals surface area (Å²) < 4.78 is 20.2. The maximum Gasteiger partial charge on any atom is 0.511 e. The van der Waals surface area contributed by atoms with Crippen LogP contribution in [0.4, 0.5) is 10.8 Å². The molecule has 1 aromatic heterocycles. The average Bonchev–Trinajstić information content (AvgIpc) is 2.91. The number of hydrogen-bond acceptors (Lipinski definition) is 8. The van der Waals surface area contributed by atoms with E-state index in [9.17, 15) is 4.79 Å². The summed E-state index contributed by atoms with van der Waals surface area (Å²) in [6.07, 6.45) is -1.79. The molecule has 1 unspecified atom stereocenters. The largest absolute Gasteiger partial charge is 0.511 e. The normalized spacial score (nSPS) is 12.1. The number of hydrogen-bond donors (Lipinski definition) is 0. The zero-order chi connectivity index (χ0) is 17.7. The van der Waals surface area contributed by atoms with Gasteiger partial charge in [-0.2, -0.15) is 34.3 Å². The van der Waals surface area contributed by atoms with Gasteiger partial charge in [0, 0.05) is 46.6 Å². The first-order valence-corrected chi connectivity index (χ1v) is 7.19. The van der Waals surface area contributed by atoms with Crippen LogP contribution >= 0.6 is 0 Å². The molecule has 0 aliphatic carbocycles. The number of carbonyl (C=O) groups excluding carboxylic acids is 1. The van der Waals surface area contributed by atoms with Crippen LogP contribution in [0.3, 0.4) is 0 Å². The van der Waals surface area contributed by atoms with Crippen LogP contribution in [0.2, 0.25) is 0 Å². The Bertz CT molecular complexity index is 760. The van der Waals surface area contributed by atoms with Gasteiger partial charge in [0.1, 0.15) is 0 Å². The Kier molecular flexibility index (Phi) is 8.18. The van der Waals surface area contributed by atoms with Crippen molar-refractivity contribution >= 4 is 18.1 Å². The molecule has 0 saturated heterocycles. The molecule has 9 heteroatoms. The van der Waals surface area contributed by atoms with Crippen molar-refractivity contribution in [3.05, 3.63) is 40.8 Å². The average molecular weight is 421 g/mol. The van der Waals surface area contributed by atoms with E-state index in [2.05, 4.69) is 26.0 Å². The van der Waals surface area contributed by atoms with Crippen LogP contribution in [0.25, 0.3) is 0 Å². The standard InChI is InChI=1S/C16H18N3O5.Y/c1-9-6-7-13(10(2)8-9)14(17-15-19-18-11(3)22-15)23-12(4)24-16(20)21-5;/h6-7,12H,1-5H3;/q-1;. The molecule has 0 bridgehead atoms. The number of ether oxygens (including phenoxy) is 3. The third-order valence-electron chi connectivity index (χ3n) is 2.94. The number of aromatic nitrogens is 2. The summed E-state index contributed by atoms with van der Waals surface area (Å²) in [5, 5.41) is 7.53. The molecule has 1 atom stereocenters. The maximum absolute atomic E-state index is 11.2. The number of benzene rings is 1. The van der Waals surface area contributed by atoms with Crippen molar-refractivity contribution < 1.29 is 56.1 Å². The molecule has 131 valence electrons. The van der Waals surface area contributed by atoms with E-state index in [4.69, 9.17) is 13.9 Å². The fourth-order valence-corrected chi connectivity index (χ4v) is 1.90. The van der Waals surface area contributed by atoms with Gasteiger partial charge in [0.2, 0.25) is 12.2 Å². The fourth-order valence-electron chi connectivity index (χ4n) is 1.90. The van der Waals surface area contributed by atoms with Gasteiger partial charge in [0.05, 0.1) is 7.11 Å². The summed E-state index contributed by atoms with van der Waals surface area (Å²) in [4.78, 5) is 15.4. The van der Waals surface area contributed by atoms with Crippen molar-refractivity contribution in [1.82, 2.24) is 10.2 Å². The van der Waals surface area contributed by atoms with E-state index in [-0.39, 0.29) is 44.6 Å². The van der Waals surface area contributed by atoms with E-state index < -0.39 is 12.4 Å². The van der Waals surface area contributed by atoms with Gasteiger partial charge in [-0.25, -0.2) is 4.79 Å². The Morgan fingerprint density at radius 3 is 2.52 bits per heavy atom. The summed E-state index contributed by atoms with van der Waals surface area (Å²) >= 11 is 0. The quantitative estimate of drug-likeness (QED) is 0.246. The Hall–Kier alpha value is -1.80. The van der Waals surface area contributed by atoms with Gasteiger partial charge in [-0.05, 0) is 0 Å². The van der Waals surface area contributed by atoms with Crippen LogP contribution < -0.4 is 0 Å². The summed E-state index contributed by atoms with van der Waals surface area (Å²) in [6.45, 7) is 6.99. The van der Waals surface area contributed by atoms with Crippen LogP contribution in [0, 0.1) is 26.8 Å². The Balaban J connectivity index is 0.00000312. The van der Waals surface area contributed by atoms with Crippen molar-refractivity contribution in [1.29, 1.82) is 0 Å². The first-order valence-electron chi connectivity index (χ1n) is 7.19. The molecule has 0 N–H and O–H groups in total. The number of nitrogens with zero attached hydrogens (tertiary/aromatic N) is 3. The fraction of sp³-hybridized carbons (Fsp3) is 0.375. The molecular formula is C16H18N3O5Y-. The van der Waals surface area contributed by atoms with E-state index in [1.54, 1.807) is 13.8 Å². The van der Waals surface area contributed by atoms with Crippen molar-refractivity contribution in [2.75, 3.05) is 7.11 Å². The number of carbonyl (C=O) groups is 1. The van der Waals surface area contributed by atoms with Crippen LogP contribution in [0.15, 0.2) is 21.5 Å². The zero-order valence-corrected chi connectivity index (χ0v) is 17.5. The van der Waals surface area contributed by atoms with E-state index in [1.165, 1.54) is 7.11 Å². The molecule has 0 fully saturated rings. The molecule has 0 saturated carbocycles. The number of rotatable bonds is 4. The van der Waals surface area contributed by atoms with Crippen LogP contribution in [0.1, 0.15) is 29.5 Å². The smallest absolute Gasteiger partial charge is 0.448 e. The SMILES string of the molecule is COC(=O)OC(C)OC(=Nc1nnc(C)o1)c1ccc(C)[c-]c1C.[Y]. The molecule has 0 spiro atoms. The number of aliphatic imine (C=N–C) groups is 1. The molecule has 0 aliphatic heterocycles. The molecule has 8 nitrogen and oxygen atoms in total. The second-order valence-corrected chi connectivity index (χ2v) is 4.96. The van der Waals surface area contributed by atoms with E-state index in [0.29, 0.717) is 11.5 Å². The predicted octanol–water partition coefficient (Wildman–Crippen LogP) is 3.02. The first-order chi connectivity index (χ1) is 11.4. The molecule has 25 heavy (non-hydrogen) atoms. The van der Waals surface area contributed by atoms with Gasteiger partial charge in [-0.1, -0.05) is 24.5 Å². The second-order valence-electron chi connectivity index (χ2n) is 4.96. The summed E-state index contributed by atoms with van der Waals surface area (Å²) in [6, 6.07) is 6.91. The van der Waals surface area contributed by atoms with Crippen molar-refractivity contribution in [2.45, 2.75) is 34.0 Å².